The van der Waals surface area contributed by atoms with Crippen LogP contribution in [0.5, 0.6) is 5.75 Å². The van der Waals surface area contributed by atoms with Crippen LogP contribution < -0.4 is 10.1 Å². The Morgan fingerprint density at radius 3 is 2.40 bits per heavy atom. The van der Waals surface area contributed by atoms with Crippen molar-refractivity contribution in [2.24, 2.45) is 0 Å². The van der Waals surface area contributed by atoms with Crippen LogP contribution in [-0.2, 0) is 6.54 Å². The second-order valence-corrected chi connectivity index (χ2v) is 5.08. The summed E-state index contributed by atoms with van der Waals surface area (Å²) in [6.07, 6.45) is 0. The topological polar surface area (TPSA) is 21.3 Å². The van der Waals surface area contributed by atoms with Gasteiger partial charge in [0.05, 0.1) is 7.11 Å². The monoisotopic (exact) mass is 273 g/mol. The number of nitrogens with one attached hydrogen (secondary N) is 1. The largest absolute Gasteiger partial charge is 0.496 e. The van der Waals surface area contributed by atoms with Crippen molar-refractivity contribution in [3.63, 3.8) is 0 Å². The van der Waals surface area contributed by atoms with Crippen LogP contribution >= 0.6 is 0 Å². The molecular formula is C17H20FNO. The van der Waals surface area contributed by atoms with E-state index in [-0.39, 0.29) is 5.82 Å². The molecule has 0 amide bonds. The number of methoxy groups -OCH3 is 1. The van der Waals surface area contributed by atoms with E-state index in [1.165, 1.54) is 17.7 Å². The highest BCUT2D eigenvalue weighted by Gasteiger charge is 2.07. The number of hydrogen-bond acceptors (Lipinski definition) is 2. The lowest BCUT2D eigenvalue weighted by molar-refractivity contribution is 0.415. The summed E-state index contributed by atoms with van der Waals surface area (Å²) in [7, 11) is 1.59. The lowest BCUT2D eigenvalue weighted by atomic mass is 10.0. The molecule has 106 valence electrons. The molecule has 0 aliphatic carbocycles. The van der Waals surface area contributed by atoms with E-state index in [1.807, 2.05) is 12.1 Å². The number of hydrogen-bond donors (Lipinski definition) is 1. The zero-order valence-corrected chi connectivity index (χ0v) is 12.1. The maximum Gasteiger partial charge on any atom is 0.126 e. The number of ether oxygens (including phenoxy) is 1. The molecule has 0 aliphatic rings. The van der Waals surface area contributed by atoms with Gasteiger partial charge in [-0.25, -0.2) is 4.39 Å². The molecule has 0 spiro atoms. The minimum absolute atomic E-state index is 0.258. The highest BCUT2D eigenvalue weighted by molar-refractivity contribution is 5.70. The molecule has 0 saturated carbocycles. The van der Waals surface area contributed by atoms with Gasteiger partial charge in [0.2, 0.25) is 0 Å². The molecular weight excluding hydrogens is 253 g/mol. The van der Waals surface area contributed by atoms with Gasteiger partial charge in [-0.2, -0.15) is 0 Å². The average Bonchev–Trinajstić information content (AvgIpc) is 2.45. The Hall–Kier alpha value is -1.87. The first-order valence-electron chi connectivity index (χ1n) is 6.76. The van der Waals surface area contributed by atoms with Crippen molar-refractivity contribution in [1.82, 2.24) is 5.32 Å². The summed E-state index contributed by atoms with van der Waals surface area (Å²) in [4.78, 5) is 0. The Kier molecular flexibility index (Phi) is 4.74. The molecule has 0 fully saturated rings. The van der Waals surface area contributed by atoms with E-state index in [9.17, 15) is 4.39 Å². The van der Waals surface area contributed by atoms with E-state index in [4.69, 9.17) is 4.74 Å². The molecule has 0 radical (unpaired) electrons. The number of rotatable bonds is 5. The van der Waals surface area contributed by atoms with Crippen LogP contribution in [0.3, 0.4) is 0 Å². The zero-order chi connectivity index (χ0) is 14.5. The number of halogens is 1. The maximum atomic E-state index is 13.4. The van der Waals surface area contributed by atoms with Gasteiger partial charge in [0.1, 0.15) is 11.6 Å². The first-order valence-corrected chi connectivity index (χ1v) is 6.76. The zero-order valence-electron chi connectivity index (χ0n) is 12.1. The summed E-state index contributed by atoms with van der Waals surface area (Å²) in [6, 6.07) is 13.1. The van der Waals surface area contributed by atoms with Crippen molar-refractivity contribution >= 4 is 0 Å². The fourth-order valence-electron chi connectivity index (χ4n) is 2.03. The van der Waals surface area contributed by atoms with Crippen LogP contribution in [0.2, 0.25) is 0 Å². The molecule has 2 nitrogen and oxygen atoms in total. The van der Waals surface area contributed by atoms with Crippen molar-refractivity contribution in [3.8, 4) is 16.9 Å². The van der Waals surface area contributed by atoms with Gasteiger partial charge in [-0.05, 0) is 29.3 Å². The van der Waals surface area contributed by atoms with E-state index >= 15 is 0 Å². The van der Waals surface area contributed by atoms with Crippen molar-refractivity contribution in [3.05, 3.63) is 53.8 Å². The summed E-state index contributed by atoms with van der Waals surface area (Å²) >= 11 is 0. The Labute approximate surface area is 119 Å². The van der Waals surface area contributed by atoms with Gasteiger partial charge in [0.25, 0.3) is 0 Å². The van der Waals surface area contributed by atoms with Crippen molar-refractivity contribution in [2.75, 3.05) is 7.11 Å². The Morgan fingerprint density at radius 1 is 1.10 bits per heavy atom. The maximum absolute atomic E-state index is 13.4. The van der Waals surface area contributed by atoms with Crippen LogP contribution in [0.4, 0.5) is 4.39 Å². The fourth-order valence-corrected chi connectivity index (χ4v) is 2.03. The molecule has 2 aromatic rings. The quantitative estimate of drug-likeness (QED) is 0.889. The summed E-state index contributed by atoms with van der Waals surface area (Å²) < 4.78 is 18.7. The SMILES string of the molecule is COc1ccc(F)cc1-c1ccc(CNC(C)C)cc1. The molecule has 0 atom stereocenters. The van der Waals surface area contributed by atoms with Gasteiger partial charge < -0.3 is 10.1 Å². The third kappa shape index (κ3) is 3.58. The molecule has 0 bridgehead atoms. The van der Waals surface area contributed by atoms with Gasteiger partial charge >= 0.3 is 0 Å². The molecule has 2 aromatic carbocycles. The minimum Gasteiger partial charge on any atom is -0.496 e. The summed E-state index contributed by atoms with van der Waals surface area (Å²) in [5.74, 6) is 0.422. The van der Waals surface area contributed by atoms with Crippen LogP contribution in [0.1, 0.15) is 19.4 Å². The van der Waals surface area contributed by atoms with E-state index in [0.29, 0.717) is 11.8 Å². The smallest absolute Gasteiger partial charge is 0.126 e. The second kappa shape index (κ2) is 6.53. The standard InChI is InChI=1S/C17H20FNO/c1-12(2)19-11-13-4-6-14(7-5-13)16-10-15(18)8-9-17(16)20-3/h4-10,12,19H,11H2,1-3H3. The molecule has 0 aliphatic heterocycles. The van der Waals surface area contributed by atoms with Gasteiger partial charge in [-0.1, -0.05) is 38.1 Å². The Morgan fingerprint density at radius 2 is 1.80 bits per heavy atom. The van der Waals surface area contributed by atoms with Crippen molar-refractivity contribution in [2.45, 2.75) is 26.4 Å². The summed E-state index contributed by atoms with van der Waals surface area (Å²) in [5, 5.41) is 3.37. The van der Waals surface area contributed by atoms with Gasteiger partial charge in [-0.15, -0.1) is 0 Å². The highest BCUT2D eigenvalue weighted by atomic mass is 19.1. The molecule has 0 aromatic heterocycles. The van der Waals surface area contributed by atoms with Crippen LogP contribution in [-0.4, -0.2) is 13.2 Å². The molecule has 20 heavy (non-hydrogen) atoms. The molecule has 0 heterocycles. The normalized spacial score (nSPS) is 10.8. The predicted octanol–water partition coefficient (Wildman–Crippen LogP) is 4.00. The first-order chi connectivity index (χ1) is 9.60. The second-order valence-electron chi connectivity index (χ2n) is 5.08. The van der Waals surface area contributed by atoms with Crippen molar-refractivity contribution in [1.29, 1.82) is 0 Å². The van der Waals surface area contributed by atoms with E-state index in [2.05, 4.69) is 31.3 Å². The average molecular weight is 273 g/mol. The molecule has 2 rings (SSSR count). The summed E-state index contributed by atoms with van der Waals surface area (Å²) in [6.45, 7) is 5.07. The third-order valence-electron chi connectivity index (χ3n) is 3.14. The fraction of sp³-hybridized carbons (Fsp3) is 0.294. The van der Waals surface area contributed by atoms with Gasteiger partial charge in [0, 0.05) is 18.2 Å². The first kappa shape index (κ1) is 14.5. The van der Waals surface area contributed by atoms with Crippen molar-refractivity contribution < 1.29 is 9.13 Å². The Bertz CT molecular complexity index is 564. The van der Waals surface area contributed by atoms with Crippen LogP contribution in [0.15, 0.2) is 42.5 Å². The lowest BCUT2D eigenvalue weighted by Crippen LogP contribution is -2.21. The number of benzene rings is 2. The van der Waals surface area contributed by atoms with E-state index in [1.54, 1.807) is 13.2 Å². The molecule has 0 saturated heterocycles. The Balaban J connectivity index is 2.23. The lowest BCUT2D eigenvalue weighted by Gasteiger charge is -2.11. The molecule has 0 unspecified atom stereocenters. The predicted molar refractivity (Wildman–Crippen MR) is 80.4 cm³/mol. The van der Waals surface area contributed by atoms with E-state index < -0.39 is 0 Å². The van der Waals surface area contributed by atoms with Gasteiger partial charge in [0.15, 0.2) is 0 Å². The molecule has 1 N–H and O–H groups in total. The highest BCUT2D eigenvalue weighted by Crippen LogP contribution is 2.30. The molecule has 3 heteroatoms. The summed E-state index contributed by atoms with van der Waals surface area (Å²) in [5.41, 5.74) is 2.93. The van der Waals surface area contributed by atoms with Crippen LogP contribution in [0, 0.1) is 5.82 Å². The van der Waals surface area contributed by atoms with Gasteiger partial charge in [-0.3, -0.25) is 0 Å². The van der Waals surface area contributed by atoms with E-state index in [0.717, 1.165) is 17.7 Å². The third-order valence-corrected chi connectivity index (χ3v) is 3.14. The minimum atomic E-state index is -0.258. The van der Waals surface area contributed by atoms with Crippen LogP contribution in [0.25, 0.3) is 11.1 Å².